The second-order valence-corrected chi connectivity index (χ2v) is 28.5. The molecule has 0 bridgehead atoms. The Labute approximate surface area is 395 Å². The Morgan fingerprint density at radius 1 is 0.556 bits per heavy atom. The van der Waals surface area contributed by atoms with Gasteiger partial charge >= 0.3 is 0 Å². The molecule has 0 aromatic heterocycles. The Hall–Kier alpha value is -1.12. The average Bonchev–Trinajstić information content (AvgIpc) is 3.74. The number of unbranched alkanes of at least 4 members (excludes halogenated alkanes) is 26. The van der Waals surface area contributed by atoms with Crippen LogP contribution in [0.5, 0.6) is 0 Å². The first-order valence-electron chi connectivity index (χ1n) is 28.9. The number of benzene rings is 1. The predicted molar refractivity (Wildman–Crippen MR) is 284 cm³/mol. The van der Waals surface area contributed by atoms with E-state index in [1.165, 1.54) is 231 Å². The summed E-state index contributed by atoms with van der Waals surface area (Å²) in [4.78, 5) is 0. The highest BCUT2D eigenvalue weighted by molar-refractivity contribution is 6.76. The van der Waals surface area contributed by atoms with Crippen molar-refractivity contribution in [3.05, 3.63) is 53.1 Å². The van der Waals surface area contributed by atoms with Crippen LogP contribution in [0.15, 0.2) is 42.0 Å². The highest BCUT2D eigenvalue weighted by atomic mass is 28.3. The minimum absolute atomic E-state index is 0.214. The van der Waals surface area contributed by atoms with Gasteiger partial charge in [-0.1, -0.05) is 269 Å². The Balaban J connectivity index is 1.24. The van der Waals surface area contributed by atoms with Gasteiger partial charge in [-0.15, -0.1) is 0 Å². The zero-order valence-electron chi connectivity index (χ0n) is 43.8. The van der Waals surface area contributed by atoms with Crippen molar-refractivity contribution in [3.8, 4) is 0 Å². The fourth-order valence-electron chi connectivity index (χ4n) is 14.4. The highest BCUT2D eigenvalue weighted by Gasteiger charge is 2.56. The first-order chi connectivity index (χ1) is 30.6. The summed E-state index contributed by atoms with van der Waals surface area (Å²) in [5.41, 5.74) is 8.08. The van der Waals surface area contributed by atoms with Crippen molar-refractivity contribution in [2.75, 3.05) is 0 Å². The van der Waals surface area contributed by atoms with Crippen LogP contribution in [0.2, 0.25) is 18.6 Å². The van der Waals surface area contributed by atoms with Gasteiger partial charge in [-0.2, -0.15) is 0 Å². The van der Waals surface area contributed by atoms with E-state index in [1.807, 2.05) is 0 Å². The van der Waals surface area contributed by atoms with Gasteiger partial charge in [0.15, 0.2) is 0 Å². The Bertz CT molecular complexity index is 1420. The molecule has 1 nitrogen and oxygen atoms in total. The molecular formula is C61H107NSi. The maximum absolute atomic E-state index is 3.19. The average molecular weight is 883 g/mol. The summed E-state index contributed by atoms with van der Waals surface area (Å²) in [5.74, 6) is 2.17. The van der Waals surface area contributed by atoms with Crippen molar-refractivity contribution in [2.45, 2.75) is 308 Å². The molecule has 2 fully saturated rings. The van der Waals surface area contributed by atoms with Gasteiger partial charge in [0.2, 0.25) is 0 Å². The van der Waals surface area contributed by atoms with Gasteiger partial charge in [-0.3, -0.25) is 0 Å². The lowest BCUT2D eigenvalue weighted by Crippen LogP contribution is -2.64. The maximum Gasteiger partial charge on any atom is 0.126 e. The number of rotatable bonds is 33. The van der Waals surface area contributed by atoms with E-state index in [-0.39, 0.29) is 11.0 Å². The molecule has 1 aromatic carbocycles. The van der Waals surface area contributed by atoms with E-state index in [2.05, 4.69) is 95.6 Å². The first-order valence-corrected chi connectivity index (χ1v) is 31.9. The van der Waals surface area contributed by atoms with Crippen LogP contribution in [-0.2, 0) is 5.41 Å². The van der Waals surface area contributed by atoms with Crippen LogP contribution in [0.1, 0.15) is 284 Å². The molecule has 1 aromatic rings. The minimum atomic E-state index is -1.79. The second-order valence-electron chi connectivity index (χ2n) is 23.9. The smallest absolute Gasteiger partial charge is 0.126 e. The van der Waals surface area contributed by atoms with Crippen LogP contribution in [-0.4, -0.2) is 24.4 Å². The minimum Gasteiger partial charge on any atom is -0.316 e. The van der Waals surface area contributed by atoms with Crippen molar-refractivity contribution in [2.24, 2.45) is 17.8 Å². The predicted octanol–water partition coefficient (Wildman–Crippen LogP) is 20.3. The molecule has 4 aliphatic rings. The van der Waals surface area contributed by atoms with Crippen molar-refractivity contribution < 1.29 is 0 Å². The van der Waals surface area contributed by atoms with Gasteiger partial charge in [0, 0.05) is 17.0 Å². The third-order valence-electron chi connectivity index (χ3n) is 17.6. The van der Waals surface area contributed by atoms with Crippen LogP contribution in [0.4, 0.5) is 0 Å². The van der Waals surface area contributed by atoms with Gasteiger partial charge in [0.05, 0.1) is 0 Å². The van der Waals surface area contributed by atoms with E-state index in [1.54, 1.807) is 22.3 Å². The molecule has 5 rings (SSSR count). The van der Waals surface area contributed by atoms with Crippen molar-refractivity contribution in [1.82, 2.24) is 4.57 Å². The molecule has 0 heterocycles. The molecule has 0 spiro atoms. The van der Waals surface area contributed by atoms with Crippen LogP contribution in [0.25, 0.3) is 5.57 Å². The Kier molecular flexibility index (Phi) is 23.2. The lowest BCUT2D eigenvalue weighted by atomic mass is 9.67. The molecule has 4 atom stereocenters. The summed E-state index contributed by atoms with van der Waals surface area (Å²) >= 11 is 0. The lowest BCUT2D eigenvalue weighted by Gasteiger charge is -2.55. The van der Waals surface area contributed by atoms with Gasteiger partial charge in [0.25, 0.3) is 0 Å². The summed E-state index contributed by atoms with van der Waals surface area (Å²) in [6.07, 6.45) is 57.6. The van der Waals surface area contributed by atoms with Crippen LogP contribution >= 0.6 is 0 Å². The Morgan fingerprint density at radius 2 is 0.984 bits per heavy atom. The van der Waals surface area contributed by atoms with Crippen LogP contribution < -0.4 is 0 Å². The number of hydrogen-bond donors (Lipinski definition) is 0. The largest absolute Gasteiger partial charge is 0.316 e. The van der Waals surface area contributed by atoms with Crippen molar-refractivity contribution in [1.29, 1.82) is 0 Å². The van der Waals surface area contributed by atoms with Crippen molar-refractivity contribution in [3.63, 3.8) is 0 Å². The standard InChI is InChI=1S/C61H107NSi/c1-9-11-13-15-17-19-21-23-25-27-29-31-33-40-46-61(47-41-34-32-30-28-26-24-22-20-18-16-14-12-10-2)57-45-39-38-44-53(57)55-49-56-54(50-58(55)61)51(3)48-59(56)63(7,8)62(60(4,5)6)52-42-36-35-37-43-52/h38-39,44-45,49-52,54,56,59H,9-37,40-43,46-48H2,1-8H3. The quantitative estimate of drug-likeness (QED) is 0.0502. The fourth-order valence-corrected chi connectivity index (χ4v) is 19.9. The topological polar surface area (TPSA) is 3.24 Å². The third kappa shape index (κ3) is 15.2. The molecular weight excluding hydrogens is 775 g/mol. The van der Waals surface area contributed by atoms with Gasteiger partial charge in [-0.25, -0.2) is 0 Å². The molecule has 0 N–H and O–H groups in total. The van der Waals surface area contributed by atoms with Gasteiger partial charge in [-0.05, 0) is 98.4 Å². The van der Waals surface area contributed by atoms with Crippen LogP contribution in [0.3, 0.4) is 0 Å². The van der Waals surface area contributed by atoms with E-state index in [0.717, 1.165) is 17.5 Å². The maximum atomic E-state index is 3.19. The second kappa shape index (κ2) is 27.6. The summed E-state index contributed by atoms with van der Waals surface area (Å²) in [5, 5.41) is 0. The lowest BCUT2D eigenvalue weighted by molar-refractivity contribution is 0.140. The third-order valence-corrected chi connectivity index (χ3v) is 22.3. The van der Waals surface area contributed by atoms with Gasteiger partial charge < -0.3 is 4.57 Å². The Morgan fingerprint density at radius 3 is 1.43 bits per heavy atom. The van der Waals surface area contributed by atoms with E-state index in [0.29, 0.717) is 11.8 Å². The molecule has 4 unspecified atom stereocenters. The normalized spacial score (nSPS) is 22.3. The zero-order valence-corrected chi connectivity index (χ0v) is 44.8. The summed E-state index contributed by atoms with van der Waals surface area (Å²) in [6.45, 7) is 20.6. The number of fused-ring (bicyclic) bond motifs is 4. The van der Waals surface area contributed by atoms with Gasteiger partial charge in [0.1, 0.15) is 8.24 Å². The summed E-state index contributed by atoms with van der Waals surface area (Å²) in [7, 11) is -1.79. The zero-order chi connectivity index (χ0) is 45.0. The molecule has 0 amide bonds. The molecule has 0 radical (unpaired) electrons. The molecule has 2 heteroatoms. The molecule has 2 saturated carbocycles. The van der Waals surface area contributed by atoms with E-state index in [4.69, 9.17) is 0 Å². The number of hydrogen-bond acceptors (Lipinski definition) is 1. The van der Waals surface area contributed by atoms with E-state index >= 15 is 0 Å². The summed E-state index contributed by atoms with van der Waals surface area (Å²) < 4.78 is 3.19. The highest BCUT2D eigenvalue weighted by Crippen LogP contribution is 2.63. The molecule has 0 aliphatic heterocycles. The fraction of sp³-hybridized carbons (Fsp3) is 0.836. The van der Waals surface area contributed by atoms with E-state index in [9.17, 15) is 0 Å². The SMILES string of the molecule is CCCCCCCCCCCCCCCCC1(CCCCCCCCCCCCCCCC)C2=CC3C(C)CC([Si](C)(C)N(C4CCCCC4)C(C)(C)C)C3C=C2c2ccccc21. The number of nitrogens with zero attached hydrogens (tertiary/aromatic N) is 1. The first kappa shape index (κ1) is 52.8. The molecule has 0 saturated heterocycles. The monoisotopic (exact) mass is 882 g/mol. The number of allylic oxidation sites excluding steroid dienone is 4. The molecule has 4 aliphatic carbocycles. The van der Waals surface area contributed by atoms with Crippen molar-refractivity contribution >= 4 is 13.8 Å². The molecule has 360 valence electrons. The van der Waals surface area contributed by atoms with Crippen LogP contribution in [0, 0.1) is 17.8 Å². The van der Waals surface area contributed by atoms with E-state index < -0.39 is 8.24 Å². The molecule has 63 heavy (non-hydrogen) atoms. The summed E-state index contributed by atoms with van der Waals surface area (Å²) in [6, 6.07) is 10.7.